The summed E-state index contributed by atoms with van der Waals surface area (Å²) in [4.78, 5) is 8.50. The molecule has 144 valence electrons. The second-order valence-electron chi connectivity index (χ2n) is 6.93. The van der Waals surface area contributed by atoms with Crippen molar-refractivity contribution >= 4 is 29.9 Å². The van der Waals surface area contributed by atoms with Gasteiger partial charge in [0.2, 0.25) is 5.89 Å². The number of ether oxygens (including phenoxy) is 2. The SMILES string of the molecule is CN=C(NCCCOC1CCOC1)NCc1ncc(C(C)(C)C)o1.I. The Kier molecular flexibility index (Phi) is 9.73. The Balaban J connectivity index is 0.00000312. The Morgan fingerprint density at radius 1 is 1.40 bits per heavy atom. The summed E-state index contributed by atoms with van der Waals surface area (Å²) in [6.45, 7) is 9.88. The van der Waals surface area contributed by atoms with E-state index >= 15 is 0 Å². The van der Waals surface area contributed by atoms with E-state index in [1.807, 2.05) is 0 Å². The van der Waals surface area contributed by atoms with Gasteiger partial charge in [0.05, 0.1) is 25.5 Å². The highest BCUT2D eigenvalue weighted by Gasteiger charge is 2.19. The van der Waals surface area contributed by atoms with Crippen LogP contribution in [0, 0.1) is 0 Å². The molecule has 1 aliphatic rings. The molecule has 7 nitrogen and oxygen atoms in total. The third-order valence-corrected chi connectivity index (χ3v) is 3.78. The fourth-order valence-corrected chi connectivity index (χ4v) is 2.29. The van der Waals surface area contributed by atoms with Crippen LogP contribution in [0.5, 0.6) is 0 Å². The van der Waals surface area contributed by atoms with Gasteiger partial charge in [-0.25, -0.2) is 4.98 Å². The van der Waals surface area contributed by atoms with Crippen molar-refractivity contribution in [2.24, 2.45) is 4.99 Å². The van der Waals surface area contributed by atoms with Gasteiger partial charge in [0.15, 0.2) is 5.96 Å². The molecule has 1 aromatic rings. The lowest BCUT2D eigenvalue weighted by Gasteiger charge is -2.14. The van der Waals surface area contributed by atoms with E-state index in [0.29, 0.717) is 12.4 Å². The predicted octanol–water partition coefficient (Wildman–Crippen LogP) is 2.45. The maximum atomic E-state index is 5.75. The molecular weight excluding hydrogens is 435 g/mol. The maximum absolute atomic E-state index is 5.75. The molecule has 1 atom stereocenters. The summed E-state index contributed by atoms with van der Waals surface area (Å²) in [6, 6.07) is 0. The molecule has 8 heteroatoms. The van der Waals surface area contributed by atoms with Crippen LogP contribution < -0.4 is 10.6 Å². The van der Waals surface area contributed by atoms with Crippen LogP contribution in [0.15, 0.2) is 15.6 Å². The van der Waals surface area contributed by atoms with Crippen LogP contribution in [0.3, 0.4) is 0 Å². The standard InChI is InChI=1S/C17H30N4O3.HI/c1-17(2,3)14-10-20-15(24-14)11-21-16(18-4)19-7-5-8-23-13-6-9-22-12-13;/h10,13H,5-9,11-12H2,1-4H3,(H2,18,19,21);1H. The fourth-order valence-electron chi connectivity index (χ4n) is 2.29. The van der Waals surface area contributed by atoms with E-state index in [9.17, 15) is 0 Å². The molecule has 25 heavy (non-hydrogen) atoms. The Morgan fingerprint density at radius 2 is 2.20 bits per heavy atom. The van der Waals surface area contributed by atoms with Crippen LogP contribution in [0.1, 0.15) is 45.3 Å². The monoisotopic (exact) mass is 466 g/mol. The summed E-state index contributed by atoms with van der Waals surface area (Å²) in [5.41, 5.74) is -0.0322. The topological polar surface area (TPSA) is 80.9 Å². The lowest BCUT2D eigenvalue weighted by Crippen LogP contribution is -2.37. The highest BCUT2D eigenvalue weighted by molar-refractivity contribution is 14.0. The van der Waals surface area contributed by atoms with Gasteiger partial charge >= 0.3 is 0 Å². The summed E-state index contributed by atoms with van der Waals surface area (Å²) in [7, 11) is 1.75. The molecule has 1 saturated heterocycles. The average molecular weight is 466 g/mol. The number of rotatable bonds is 7. The zero-order valence-electron chi connectivity index (χ0n) is 15.6. The number of hydrogen-bond acceptors (Lipinski definition) is 5. The smallest absolute Gasteiger partial charge is 0.213 e. The summed E-state index contributed by atoms with van der Waals surface area (Å²) >= 11 is 0. The number of guanidine groups is 1. The second-order valence-corrected chi connectivity index (χ2v) is 6.93. The van der Waals surface area contributed by atoms with Crippen LogP contribution in [0.25, 0.3) is 0 Å². The molecule has 2 N–H and O–H groups in total. The fraction of sp³-hybridized carbons (Fsp3) is 0.765. The van der Waals surface area contributed by atoms with Gasteiger partial charge in [-0.2, -0.15) is 0 Å². The van der Waals surface area contributed by atoms with Crippen molar-refractivity contribution in [3.8, 4) is 0 Å². The zero-order chi connectivity index (χ0) is 17.4. The van der Waals surface area contributed by atoms with E-state index in [1.165, 1.54) is 0 Å². The first-order valence-corrected chi connectivity index (χ1v) is 8.58. The molecule has 0 radical (unpaired) electrons. The molecular formula is C17H31IN4O3. The van der Waals surface area contributed by atoms with Gasteiger partial charge in [-0.3, -0.25) is 4.99 Å². The van der Waals surface area contributed by atoms with Crippen molar-refractivity contribution in [3.63, 3.8) is 0 Å². The third kappa shape index (κ3) is 7.91. The minimum Gasteiger partial charge on any atom is -0.443 e. The Bertz CT molecular complexity index is 522. The maximum Gasteiger partial charge on any atom is 0.213 e. The highest BCUT2D eigenvalue weighted by atomic mass is 127. The minimum absolute atomic E-state index is 0. The number of aliphatic imine (C=N–C) groups is 1. The van der Waals surface area contributed by atoms with Gasteiger partial charge < -0.3 is 24.5 Å². The van der Waals surface area contributed by atoms with Crippen molar-refractivity contribution in [1.29, 1.82) is 0 Å². The quantitative estimate of drug-likeness (QED) is 0.278. The molecule has 0 bridgehead atoms. The van der Waals surface area contributed by atoms with E-state index in [0.717, 1.165) is 50.9 Å². The zero-order valence-corrected chi connectivity index (χ0v) is 18.0. The van der Waals surface area contributed by atoms with E-state index < -0.39 is 0 Å². The lowest BCUT2D eigenvalue weighted by molar-refractivity contribution is 0.0420. The summed E-state index contributed by atoms with van der Waals surface area (Å²) in [5, 5.41) is 6.46. The molecule has 2 heterocycles. The van der Waals surface area contributed by atoms with E-state index in [4.69, 9.17) is 13.9 Å². The van der Waals surface area contributed by atoms with Crippen LogP contribution in [-0.4, -0.2) is 50.5 Å². The molecule has 1 aliphatic heterocycles. The number of nitrogens with one attached hydrogen (secondary N) is 2. The van der Waals surface area contributed by atoms with E-state index in [2.05, 4.69) is 41.4 Å². The molecule has 1 unspecified atom stereocenters. The van der Waals surface area contributed by atoms with Crippen LogP contribution in [-0.2, 0) is 21.4 Å². The normalized spacial score (nSPS) is 18.1. The number of oxazole rings is 1. The van der Waals surface area contributed by atoms with Crippen LogP contribution >= 0.6 is 24.0 Å². The molecule has 1 fully saturated rings. The molecule has 0 spiro atoms. The van der Waals surface area contributed by atoms with Gasteiger partial charge in [0.25, 0.3) is 0 Å². The van der Waals surface area contributed by atoms with E-state index in [1.54, 1.807) is 13.2 Å². The number of halogens is 1. The van der Waals surface area contributed by atoms with Crippen molar-refractivity contribution in [1.82, 2.24) is 15.6 Å². The van der Waals surface area contributed by atoms with Gasteiger partial charge in [0.1, 0.15) is 5.76 Å². The number of hydrogen-bond donors (Lipinski definition) is 2. The molecule has 1 aromatic heterocycles. The first-order valence-electron chi connectivity index (χ1n) is 8.58. The molecule has 2 rings (SSSR count). The second kappa shape index (κ2) is 11.0. The summed E-state index contributed by atoms with van der Waals surface area (Å²) < 4.78 is 16.8. The van der Waals surface area contributed by atoms with Crippen molar-refractivity contribution in [3.05, 3.63) is 17.8 Å². The lowest BCUT2D eigenvalue weighted by atomic mass is 9.94. The first-order chi connectivity index (χ1) is 11.5. The Morgan fingerprint density at radius 3 is 2.80 bits per heavy atom. The highest BCUT2D eigenvalue weighted by Crippen LogP contribution is 2.22. The molecule has 0 aromatic carbocycles. The average Bonchev–Trinajstić information content (AvgIpc) is 3.20. The van der Waals surface area contributed by atoms with Crippen molar-refractivity contribution in [2.45, 2.75) is 51.7 Å². The van der Waals surface area contributed by atoms with Crippen LogP contribution in [0.2, 0.25) is 0 Å². The minimum atomic E-state index is -0.0322. The summed E-state index contributed by atoms with van der Waals surface area (Å²) in [6.07, 6.45) is 3.98. The summed E-state index contributed by atoms with van der Waals surface area (Å²) in [5.74, 6) is 2.28. The Labute approximate surface area is 167 Å². The van der Waals surface area contributed by atoms with Gasteiger partial charge in [-0.15, -0.1) is 24.0 Å². The Hall–Kier alpha value is -0.870. The van der Waals surface area contributed by atoms with E-state index in [-0.39, 0.29) is 35.5 Å². The molecule has 0 amide bonds. The molecule has 0 saturated carbocycles. The van der Waals surface area contributed by atoms with Crippen LogP contribution in [0.4, 0.5) is 0 Å². The van der Waals surface area contributed by atoms with Gasteiger partial charge in [0, 0.05) is 32.2 Å². The van der Waals surface area contributed by atoms with Crippen molar-refractivity contribution < 1.29 is 13.9 Å². The third-order valence-electron chi connectivity index (χ3n) is 3.78. The predicted molar refractivity (Wildman–Crippen MR) is 109 cm³/mol. The largest absolute Gasteiger partial charge is 0.443 e. The van der Waals surface area contributed by atoms with Gasteiger partial charge in [-0.05, 0) is 12.8 Å². The van der Waals surface area contributed by atoms with Crippen molar-refractivity contribution in [2.75, 3.05) is 33.4 Å². The molecule has 0 aliphatic carbocycles. The number of aromatic nitrogens is 1. The first kappa shape index (κ1) is 22.2. The number of nitrogens with zero attached hydrogens (tertiary/aromatic N) is 2. The van der Waals surface area contributed by atoms with Gasteiger partial charge in [-0.1, -0.05) is 20.8 Å².